The molecule has 0 heterocycles. The van der Waals surface area contributed by atoms with Gasteiger partial charge in [-0.15, -0.1) is 0 Å². The Labute approximate surface area is 265 Å². The maximum atomic E-state index is 11.2. The Hall–Kier alpha value is -4.90. The largest absolute Gasteiger partial charge is 0.508 e. The van der Waals surface area contributed by atoms with Crippen LogP contribution in [0.25, 0.3) is 0 Å². The van der Waals surface area contributed by atoms with E-state index in [4.69, 9.17) is 0 Å². The molecule has 0 saturated carbocycles. The lowest BCUT2D eigenvalue weighted by atomic mass is 9.88. The smallest absolute Gasteiger partial charge is 0.122 e. The first kappa shape index (κ1) is 31.5. The van der Waals surface area contributed by atoms with Crippen LogP contribution < -0.4 is 0 Å². The quantitative estimate of drug-likeness (QED) is 0.123. The Morgan fingerprint density at radius 2 is 0.844 bits per heavy atom. The number of hydrogen-bond acceptors (Lipinski definition) is 5. The van der Waals surface area contributed by atoms with Crippen molar-refractivity contribution in [1.82, 2.24) is 0 Å². The summed E-state index contributed by atoms with van der Waals surface area (Å²) >= 11 is 0. The molecule has 0 spiro atoms. The summed E-state index contributed by atoms with van der Waals surface area (Å²) in [5, 5.41) is 53.9. The van der Waals surface area contributed by atoms with Gasteiger partial charge in [0.15, 0.2) is 0 Å². The first-order chi connectivity index (χ1) is 21.3. The monoisotopic (exact) mass is 602 g/mol. The van der Waals surface area contributed by atoms with Crippen LogP contribution in [-0.2, 0) is 25.7 Å². The van der Waals surface area contributed by atoms with Crippen LogP contribution >= 0.6 is 0 Å². The minimum Gasteiger partial charge on any atom is -0.508 e. The van der Waals surface area contributed by atoms with Gasteiger partial charge in [0, 0.05) is 24.8 Å². The third-order valence-electron chi connectivity index (χ3n) is 8.87. The molecule has 5 aromatic rings. The van der Waals surface area contributed by atoms with Gasteiger partial charge in [0.2, 0.25) is 0 Å². The third kappa shape index (κ3) is 6.78. The lowest BCUT2D eigenvalue weighted by Gasteiger charge is -2.18. The topological polar surface area (TPSA) is 101 Å². The summed E-state index contributed by atoms with van der Waals surface area (Å²) in [5.74, 6) is 1.11. The molecule has 5 nitrogen and oxygen atoms in total. The zero-order chi connectivity index (χ0) is 32.6. The molecular formula is C40H42O5. The van der Waals surface area contributed by atoms with E-state index in [-0.39, 0.29) is 28.7 Å². The number of hydrogen-bond donors (Lipinski definition) is 5. The second-order valence-corrected chi connectivity index (χ2v) is 12.6. The highest BCUT2D eigenvalue weighted by Gasteiger charge is 2.18. The average Bonchev–Trinajstić information content (AvgIpc) is 2.98. The van der Waals surface area contributed by atoms with Crippen LogP contribution in [0.2, 0.25) is 0 Å². The predicted molar refractivity (Wildman–Crippen MR) is 180 cm³/mol. The van der Waals surface area contributed by atoms with Crippen LogP contribution in [0.1, 0.15) is 77.9 Å². The second-order valence-electron chi connectivity index (χ2n) is 12.6. The molecule has 5 heteroatoms. The predicted octanol–water partition coefficient (Wildman–Crippen LogP) is 8.43. The zero-order valence-electron chi connectivity index (χ0n) is 26.9. The molecule has 0 saturated heterocycles. The summed E-state index contributed by atoms with van der Waals surface area (Å²) in [6.07, 6.45) is 1.89. The van der Waals surface area contributed by atoms with Crippen LogP contribution in [0.5, 0.6) is 28.7 Å². The van der Waals surface area contributed by atoms with Crippen LogP contribution in [0.15, 0.2) is 66.7 Å². The number of phenolic OH excluding ortho intramolecular Hbond substituents is 5. The Kier molecular flexibility index (Phi) is 8.83. The normalized spacial score (nSPS) is 11.2. The fourth-order valence-corrected chi connectivity index (χ4v) is 6.33. The molecule has 5 rings (SSSR count). The Morgan fingerprint density at radius 1 is 0.400 bits per heavy atom. The summed E-state index contributed by atoms with van der Waals surface area (Å²) in [4.78, 5) is 0. The lowest BCUT2D eigenvalue weighted by Crippen LogP contribution is -2.03. The average molecular weight is 603 g/mol. The Balaban J connectivity index is 1.48. The van der Waals surface area contributed by atoms with E-state index < -0.39 is 0 Å². The number of rotatable bonds is 8. The van der Waals surface area contributed by atoms with Gasteiger partial charge in [-0.1, -0.05) is 65.7 Å². The van der Waals surface area contributed by atoms with Crippen molar-refractivity contribution < 1.29 is 25.5 Å². The van der Waals surface area contributed by atoms with Crippen LogP contribution in [0, 0.1) is 41.5 Å². The van der Waals surface area contributed by atoms with Gasteiger partial charge in [-0.3, -0.25) is 0 Å². The molecule has 0 atom stereocenters. The molecule has 5 N–H and O–H groups in total. The van der Waals surface area contributed by atoms with Crippen molar-refractivity contribution in [3.63, 3.8) is 0 Å². The molecule has 0 aliphatic rings. The molecule has 0 radical (unpaired) electrons. The highest BCUT2D eigenvalue weighted by molar-refractivity contribution is 5.55. The zero-order valence-corrected chi connectivity index (χ0v) is 26.9. The first-order valence-corrected chi connectivity index (χ1v) is 15.3. The summed E-state index contributed by atoms with van der Waals surface area (Å²) in [7, 11) is 0. The van der Waals surface area contributed by atoms with E-state index in [0.717, 1.165) is 77.9 Å². The van der Waals surface area contributed by atoms with Crippen LogP contribution in [0.3, 0.4) is 0 Å². The van der Waals surface area contributed by atoms with Crippen molar-refractivity contribution in [2.24, 2.45) is 0 Å². The van der Waals surface area contributed by atoms with Crippen molar-refractivity contribution in [2.45, 2.75) is 67.2 Å². The van der Waals surface area contributed by atoms with Crippen LogP contribution in [0.4, 0.5) is 0 Å². The van der Waals surface area contributed by atoms with Gasteiger partial charge < -0.3 is 25.5 Å². The minimum atomic E-state index is 0.197. The molecule has 0 unspecified atom stereocenters. The van der Waals surface area contributed by atoms with Crippen molar-refractivity contribution in [3.05, 3.63) is 145 Å². The third-order valence-corrected chi connectivity index (χ3v) is 8.87. The van der Waals surface area contributed by atoms with Crippen LogP contribution in [-0.4, -0.2) is 25.5 Å². The molecule has 0 bridgehead atoms. The number of aryl methyl sites for hydroxylation is 5. The van der Waals surface area contributed by atoms with Crippen molar-refractivity contribution in [1.29, 1.82) is 0 Å². The second kappa shape index (κ2) is 12.6. The van der Waals surface area contributed by atoms with Gasteiger partial charge >= 0.3 is 0 Å². The number of aromatic hydroxyl groups is 5. The molecule has 0 fully saturated rings. The molecule has 0 aliphatic carbocycles. The Morgan fingerprint density at radius 3 is 1.33 bits per heavy atom. The highest BCUT2D eigenvalue weighted by Crippen LogP contribution is 2.36. The molecule has 5 aromatic carbocycles. The van der Waals surface area contributed by atoms with E-state index in [1.807, 2.05) is 96.1 Å². The first-order valence-electron chi connectivity index (χ1n) is 15.3. The van der Waals surface area contributed by atoms with Gasteiger partial charge in [-0.05, 0) is 121 Å². The van der Waals surface area contributed by atoms with Crippen molar-refractivity contribution in [3.8, 4) is 28.7 Å². The van der Waals surface area contributed by atoms with E-state index in [1.54, 1.807) is 12.1 Å². The summed E-state index contributed by atoms with van der Waals surface area (Å²) in [6.45, 7) is 11.6. The molecule has 232 valence electrons. The maximum Gasteiger partial charge on any atom is 0.122 e. The van der Waals surface area contributed by atoms with Crippen molar-refractivity contribution in [2.75, 3.05) is 0 Å². The lowest BCUT2D eigenvalue weighted by molar-refractivity contribution is 0.459. The van der Waals surface area contributed by atoms with E-state index in [2.05, 4.69) is 0 Å². The fourth-order valence-electron chi connectivity index (χ4n) is 6.33. The van der Waals surface area contributed by atoms with E-state index in [9.17, 15) is 25.5 Å². The Bertz CT molecular complexity index is 1920. The van der Waals surface area contributed by atoms with E-state index in [1.165, 1.54) is 0 Å². The van der Waals surface area contributed by atoms with Gasteiger partial charge in [0.05, 0.1) is 0 Å². The standard InChI is InChI=1S/C40H42O5/c1-22-7-9-36(41)31(11-22)20-33-17-28(13-24(3)38(33)43)16-30-15-26(5)40(45)35(27(30)6)19-29-14-25(4)39(44)34(18-29)21-32-12-23(2)8-10-37(32)42/h7-15,17-18,41-45H,16,19-21H2,1-6H3. The van der Waals surface area contributed by atoms with E-state index >= 15 is 0 Å². The van der Waals surface area contributed by atoms with E-state index in [0.29, 0.717) is 25.7 Å². The van der Waals surface area contributed by atoms with Gasteiger partial charge in [-0.25, -0.2) is 0 Å². The highest BCUT2D eigenvalue weighted by atomic mass is 16.3. The summed E-state index contributed by atoms with van der Waals surface area (Å²) < 4.78 is 0. The van der Waals surface area contributed by atoms with Gasteiger partial charge in [0.25, 0.3) is 0 Å². The maximum absolute atomic E-state index is 11.2. The fraction of sp³-hybridized carbons (Fsp3) is 0.250. The molecule has 0 amide bonds. The number of phenols is 5. The van der Waals surface area contributed by atoms with Crippen molar-refractivity contribution >= 4 is 0 Å². The summed E-state index contributed by atoms with van der Waals surface area (Å²) in [6, 6.07) is 20.9. The van der Waals surface area contributed by atoms with Gasteiger partial charge in [-0.2, -0.15) is 0 Å². The van der Waals surface area contributed by atoms with Gasteiger partial charge in [0.1, 0.15) is 28.7 Å². The molecule has 45 heavy (non-hydrogen) atoms. The minimum absolute atomic E-state index is 0.197. The SMILES string of the molecule is Cc1ccc(O)c(Cc2cc(Cc3cc(C)c(O)c(Cc4cc(C)c(O)c(Cc5cc(C)ccc5O)c4)c3C)cc(C)c2O)c1. The molecule has 0 aromatic heterocycles. The number of benzene rings is 5. The molecule has 0 aliphatic heterocycles. The molecular weight excluding hydrogens is 560 g/mol. The summed E-state index contributed by atoms with van der Waals surface area (Å²) in [5.41, 5.74) is 12.3.